The molecule has 2 aromatic rings. The van der Waals surface area contributed by atoms with Crippen LogP contribution in [0.4, 0.5) is 5.69 Å². The molecule has 1 fully saturated rings. The number of anilines is 1. The van der Waals surface area contributed by atoms with Gasteiger partial charge in [-0.25, -0.2) is 4.79 Å². The molecule has 0 radical (unpaired) electrons. The number of amides is 1. The summed E-state index contributed by atoms with van der Waals surface area (Å²) in [4.78, 5) is 25.8. The highest BCUT2D eigenvalue weighted by molar-refractivity contribution is 5.96. The van der Waals surface area contributed by atoms with Gasteiger partial charge in [-0.3, -0.25) is 9.78 Å². The smallest absolute Gasteiger partial charge is 0.408 e. The van der Waals surface area contributed by atoms with Crippen molar-refractivity contribution in [3.63, 3.8) is 0 Å². The predicted molar refractivity (Wildman–Crippen MR) is 79.9 cm³/mol. The van der Waals surface area contributed by atoms with Crippen LogP contribution in [-0.2, 0) is 9.53 Å². The summed E-state index contributed by atoms with van der Waals surface area (Å²) in [6.45, 7) is 3.11. The summed E-state index contributed by atoms with van der Waals surface area (Å²) >= 11 is 0. The highest BCUT2D eigenvalue weighted by Crippen LogP contribution is 2.17. The molecule has 2 atom stereocenters. The third-order valence-electron chi connectivity index (χ3n) is 3.29. The maximum atomic E-state index is 12.2. The summed E-state index contributed by atoms with van der Waals surface area (Å²) in [5.74, 6) is -0.679. The maximum absolute atomic E-state index is 12.2. The first-order valence-electron chi connectivity index (χ1n) is 6.42. The van der Waals surface area contributed by atoms with E-state index in [4.69, 9.17) is 9.15 Å². The second-order valence-corrected chi connectivity index (χ2v) is 4.72. The van der Waals surface area contributed by atoms with Gasteiger partial charge in [0, 0.05) is 12.2 Å². The van der Waals surface area contributed by atoms with Gasteiger partial charge < -0.3 is 19.8 Å². The van der Waals surface area contributed by atoms with Crippen LogP contribution in [0.3, 0.4) is 0 Å². The molecule has 1 aromatic heterocycles. The van der Waals surface area contributed by atoms with Crippen LogP contribution in [0.1, 0.15) is 6.92 Å². The van der Waals surface area contributed by atoms with Crippen LogP contribution < -0.4 is 16.4 Å². The highest BCUT2D eigenvalue weighted by atomic mass is 35.5. The molecule has 1 aliphatic rings. The maximum Gasteiger partial charge on any atom is 0.417 e. The van der Waals surface area contributed by atoms with E-state index in [1.54, 1.807) is 18.2 Å². The van der Waals surface area contributed by atoms with Gasteiger partial charge in [-0.1, -0.05) is 0 Å². The Morgan fingerprint density at radius 1 is 1.43 bits per heavy atom. The fourth-order valence-electron chi connectivity index (χ4n) is 2.28. The number of oxazole rings is 1. The summed E-state index contributed by atoms with van der Waals surface area (Å²) in [5, 5.41) is 5.92. The minimum atomic E-state index is -0.514. The molecule has 0 unspecified atom stereocenters. The SMILES string of the molecule is C[C@H]1OCCN[C@@H]1C(=O)Nc1ccc2oc(=O)[nH]c2c1.Cl. The van der Waals surface area contributed by atoms with E-state index in [9.17, 15) is 9.59 Å². The van der Waals surface area contributed by atoms with Gasteiger partial charge in [0.05, 0.1) is 18.2 Å². The molecule has 7 nitrogen and oxygen atoms in total. The first-order chi connectivity index (χ1) is 9.63. The Balaban J connectivity index is 0.00000161. The van der Waals surface area contributed by atoms with E-state index in [0.29, 0.717) is 29.9 Å². The Morgan fingerprint density at radius 2 is 2.24 bits per heavy atom. The fraction of sp³-hybridized carbons (Fsp3) is 0.385. The lowest BCUT2D eigenvalue weighted by molar-refractivity contribution is -0.123. The Morgan fingerprint density at radius 3 is 3.00 bits per heavy atom. The average Bonchev–Trinajstić information content (AvgIpc) is 2.78. The van der Waals surface area contributed by atoms with Gasteiger partial charge in [0.15, 0.2) is 5.58 Å². The van der Waals surface area contributed by atoms with Gasteiger partial charge in [0.1, 0.15) is 6.04 Å². The van der Waals surface area contributed by atoms with Crippen molar-refractivity contribution >= 4 is 35.1 Å². The number of aromatic nitrogens is 1. The Kier molecular flexibility index (Phi) is 4.66. The summed E-state index contributed by atoms with van der Waals surface area (Å²) in [6.07, 6.45) is -0.179. The number of benzene rings is 1. The minimum absolute atomic E-state index is 0. The number of nitrogens with one attached hydrogen (secondary N) is 3. The molecule has 0 spiro atoms. The van der Waals surface area contributed by atoms with E-state index in [1.807, 2.05) is 6.92 Å². The van der Waals surface area contributed by atoms with Crippen LogP contribution in [0.2, 0.25) is 0 Å². The molecule has 114 valence electrons. The molecule has 0 aliphatic carbocycles. The number of halogens is 1. The second-order valence-electron chi connectivity index (χ2n) is 4.72. The van der Waals surface area contributed by atoms with Crippen LogP contribution >= 0.6 is 12.4 Å². The number of carbonyl (C=O) groups excluding carboxylic acids is 1. The topological polar surface area (TPSA) is 96.4 Å². The molecule has 3 rings (SSSR count). The largest absolute Gasteiger partial charge is 0.417 e. The van der Waals surface area contributed by atoms with Crippen LogP contribution in [-0.4, -0.2) is 36.2 Å². The number of aromatic amines is 1. The number of fused-ring (bicyclic) bond motifs is 1. The van der Waals surface area contributed by atoms with E-state index in [-0.39, 0.29) is 30.5 Å². The minimum Gasteiger partial charge on any atom is -0.408 e. The number of carbonyl (C=O) groups is 1. The first kappa shape index (κ1) is 15.6. The van der Waals surface area contributed by atoms with Crippen molar-refractivity contribution in [3.8, 4) is 0 Å². The number of hydrogen-bond donors (Lipinski definition) is 3. The molecule has 1 saturated heterocycles. The van der Waals surface area contributed by atoms with E-state index >= 15 is 0 Å². The molecule has 21 heavy (non-hydrogen) atoms. The van der Waals surface area contributed by atoms with Gasteiger partial charge in [0.2, 0.25) is 5.91 Å². The molecule has 1 amide bonds. The molecule has 2 heterocycles. The van der Waals surface area contributed by atoms with E-state index < -0.39 is 5.76 Å². The second kappa shape index (κ2) is 6.30. The zero-order chi connectivity index (χ0) is 14.1. The monoisotopic (exact) mass is 313 g/mol. The average molecular weight is 314 g/mol. The van der Waals surface area contributed by atoms with Gasteiger partial charge in [-0.05, 0) is 25.1 Å². The third-order valence-corrected chi connectivity index (χ3v) is 3.29. The van der Waals surface area contributed by atoms with Gasteiger partial charge in [0.25, 0.3) is 0 Å². The van der Waals surface area contributed by atoms with Gasteiger partial charge >= 0.3 is 5.76 Å². The van der Waals surface area contributed by atoms with Crippen molar-refractivity contribution in [3.05, 3.63) is 28.7 Å². The lowest BCUT2D eigenvalue weighted by Crippen LogP contribution is -2.53. The van der Waals surface area contributed by atoms with Crippen LogP contribution in [0.5, 0.6) is 0 Å². The molecular weight excluding hydrogens is 298 g/mol. The van der Waals surface area contributed by atoms with E-state index in [0.717, 1.165) is 0 Å². The number of ether oxygens (including phenoxy) is 1. The summed E-state index contributed by atoms with van der Waals surface area (Å²) in [7, 11) is 0. The summed E-state index contributed by atoms with van der Waals surface area (Å²) < 4.78 is 10.3. The fourth-order valence-corrected chi connectivity index (χ4v) is 2.28. The number of morpholine rings is 1. The molecule has 1 aromatic carbocycles. The van der Waals surface area contributed by atoms with Gasteiger partial charge in [-0.15, -0.1) is 12.4 Å². The summed E-state index contributed by atoms with van der Waals surface area (Å²) in [6, 6.07) is 4.59. The van der Waals surface area contributed by atoms with Crippen molar-refractivity contribution in [1.82, 2.24) is 10.3 Å². The molecule has 0 saturated carbocycles. The Hall–Kier alpha value is -1.83. The first-order valence-corrected chi connectivity index (χ1v) is 6.42. The predicted octanol–water partition coefficient (Wildman–Crippen LogP) is 0.858. The molecule has 1 aliphatic heterocycles. The van der Waals surface area contributed by atoms with Crippen LogP contribution in [0.15, 0.2) is 27.4 Å². The standard InChI is InChI=1S/C13H15N3O4.ClH/c1-7-11(14-4-5-19-7)12(17)15-8-2-3-10-9(6-8)16-13(18)20-10;/h2-3,6-7,11,14H,4-5H2,1H3,(H,15,17)(H,16,18);1H/t7-,11+;/m1./s1. The zero-order valence-electron chi connectivity index (χ0n) is 11.3. The third kappa shape index (κ3) is 3.26. The van der Waals surface area contributed by atoms with Gasteiger partial charge in [-0.2, -0.15) is 0 Å². The number of H-pyrrole nitrogens is 1. The highest BCUT2D eigenvalue weighted by Gasteiger charge is 2.28. The van der Waals surface area contributed by atoms with Crippen molar-refractivity contribution in [2.45, 2.75) is 19.1 Å². The zero-order valence-corrected chi connectivity index (χ0v) is 12.2. The quantitative estimate of drug-likeness (QED) is 0.764. The van der Waals surface area contributed by atoms with Crippen molar-refractivity contribution in [2.75, 3.05) is 18.5 Å². The lowest BCUT2D eigenvalue weighted by Gasteiger charge is -2.29. The lowest BCUT2D eigenvalue weighted by atomic mass is 10.1. The number of rotatable bonds is 2. The van der Waals surface area contributed by atoms with E-state index in [1.165, 1.54) is 0 Å². The van der Waals surface area contributed by atoms with Crippen LogP contribution in [0, 0.1) is 0 Å². The molecular formula is C13H16ClN3O4. The molecule has 8 heteroatoms. The van der Waals surface area contributed by atoms with E-state index in [2.05, 4.69) is 15.6 Å². The molecule has 0 bridgehead atoms. The van der Waals surface area contributed by atoms with Crippen molar-refractivity contribution < 1.29 is 13.9 Å². The molecule has 3 N–H and O–H groups in total. The van der Waals surface area contributed by atoms with Crippen molar-refractivity contribution in [1.29, 1.82) is 0 Å². The van der Waals surface area contributed by atoms with Crippen molar-refractivity contribution in [2.24, 2.45) is 0 Å². The Bertz CT molecular complexity index is 696. The normalized spacial score (nSPS) is 21.8. The van der Waals surface area contributed by atoms with Crippen LogP contribution in [0.25, 0.3) is 11.1 Å². The summed E-state index contributed by atoms with van der Waals surface area (Å²) in [5.41, 5.74) is 1.60. The number of hydrogen-bond acceptors (Lipinski definition) is 5. The Labute approximate surface area is 126 Å².